The molecule has 2 aromatic rings. The molecule has 1 aromatic carbocycles. The number of carbonyl (C=O) groups is 3. The van der Waals surface area contributed by atoms with Gasteiger partial charge in [0.25, 0.3) is 5.91 Å². The number of nitrogens with one attached hydrogen (secondary N) is 2. The SMILES string of the molecule is COC(=O)[C@H](CO[Si](C)(C)C(C)(C)C)NC(=O)c1csc(-c2ccc(CNC(=O)OC(C)(C)C)cc2)n1. The smallest absolute Gasteiger partial charge is 0.407 e. The number of aromatic nitrogens is 1. The number of thiazole rings is 1. The highest BCUT2D eigenvalue weighted by molar-refractivity contribution is 7.13. The molecule has 0 saturated carbocycles. The van der Waals surface area contributed by atoms with Crippen LogP contribution in [-0.4, -0.2) is 56.6 Å². The van der Waals surface area contributed by atoms with Crippen molar-refractivity contribution < 1.29 is 28.3 Å². The first kappa shape index (κ1) is 30.5. The first-order valence-electron chi connectivity index (χ1n) is 12.1. The third-order valence-corrected chi connectivity index (χ3v) is 11.4. The summed E-state index contributed by atoms with van der Waals surface area (Å²) in [5, 5.41) is 7.68. The second kappa shape index (κ2) is 12.2. The van der Waals surface area contributed by atoms with Crippen LogP contribution >= 0.6 is 11.3 Å². The van der Waals surface area contributed by atoms with Crippen molar-refractivity contribution >= 4 is 37.6 Å². The lowest BCUT2D eigenvalue weighted by Gasteiger charge is -2.37. The molecule has 0 radical (unpaired) electrons. The fourth-order valence-electron chi connectivity index (χ4n) is 2.82. The van der Waals surface area contributed by atoms with Crippen LogP contribution in [0.2, 0.25) is 18.1 Å². The summed E-state index contributed by atoms with van der Waals surface area (Å²) in [6.45, 7) is 16.2. The van der Waals surface area contributed by atoms with Crippen LogP contribution in [0.1, 0.15) is 57.6 Å². The van der Waals surface area contributed by atoms with Crippen LogP contribution < -0.4 is 10.6 Å². The maximum absolute atomic E-state index is 12.9. The molecule has 1 atom stereocenters. The van der Waals surface area contributed by atoms with Crippen LogP contribution in [0.4, 0.5) is 4.79 Å². The minimum Gasteiger partial charge on any atom is -0.467 e. The molecular weight excluding hydrogens is 510 g/mol. The summed E-state index contributed by atoms with van der Waals surface area (Å²) in [5.41, 5.74) is 1.37. The maximum Gasteiger partial charge on any atom is 0.407 e. The number of hydrogen-bond donors (Lipinski definition) is 2. The highest BCUT2D eigenvalue weighted by Gasteiger charge is 2.38. The summed E-state index contributed by atoms with van der Waals surface area (Å²) in [6.07, 6.45) is -0.480. The van der Waals surface area contributed by atoms with Gasteiger partial charge < -0.3 is 24.5 Å². The van der Waals surface area contributed by atoms with Crippen molar-refractivity contribution in [3.8, 4) is 10.6 Å². The van der Waals surface area contributed by atoms with Crippen molar-refractivity contribution in [1.82, 2.24) is 15.6 Å². The zero-order chi connectivity index (χ0) is 28.0. The average molecular weight is 550 g/mol. The highest BCUT2D eigenvalue weighted by Crippen LogP contribution is 2.36. The molecule has 37 heavy (non-hydrogen) atoms. The summed E-state index contributed by atoms with van der Waals surface area (Å²) in [6, 6.07) is 6.56. The first-order chi connectivity index (χ1) is 17.0. The molecule has 0 aliphatic rings. The molecule has 0 unspecified atom stereocenters. The molecule has 0 saturated heterocycles. The first-order valence-corrected chi connectivity index (χ1v) is 15.9. The lowest BCUT2D eigenvalue weighted by atomic mass is 10.1. The van der Waals surface area contributed by atoms with Gasteiger partial charge in [-0.2, -0.15) is 0 Å². The van der Waals surface area contributed by atoms with Gasteiger partial charge in [0.2, 0.25) is 0 Å². The van der Waals surface area contributed by atoms with Crippen LogP contribution in [0.5, 0.6) is 0 Å². The van der Waals surface area contributed by atoms with E-state index in [9.17, 15) is 14.4 Å². The number of ether oxygens (including phenoxy) is 2. The number of benzene rings is 1. The predicted octanol–water partition coefficient (Wildman–Crippen LogP) is 5.13. The van der Waals surface area contributed by atoms with Gasteiger partial charge in [0.15, 0.2) is 8.32 Å². The number of nitrogens with zero attached hydrogens (tertiary/aromatic N) is 1. The van der Waals surface area contributed by atoms with E-state index in [0.29, 0.717) is 11.6 Å². The second-order valence-corrected chi connectivity index (χ2v) is 16.9. The van der Waals surface area contributed by atoms with Crippen molar-refractivity contribution in [2.75, 3.05) is 13.7 Å². The Labute approximate surface area is 224 Å². The van der Waals surface area contributed by atoms with E-state index in [1.54, 1.807) is 5.38 Å². The molecule has 0 bridgehead atoms. The van der Waals surface area contributed by atoms with Gasteiger partial charge in [-0.05, 0) is 44.5 Å². The quantitative estimate of drug-likeness (QED) is 0.329. The number of rotatable bonds is 9. The molecular formula is C26H39N3O6SSi. The monoisotopic (exact) mass is 549 g/mol. The number of methoxy groups -OCH3 is 1. The Morgan fingerprint density at radius 3 is 2.22 bits per heavy atom. The van der Waals surface area contributed by atoms with E-state index in [1.807, 2.05) is 45.0 Å². The van der Waals surface area contributed by atoms with Crippen molar-refractivity contribution in [2.24, 2.45) is 0 Å². The molecule has 0 aliphatic carbocycles. The lowest BCUT2D eigenvalue weighted by molar-refractivity contribution is -0.143. The van der Waals surface area contributed by atoms with Gasteiger partial charge in [-0.15, -0.1) is 11.3 Å². The molecule has 2 rings (SSSR count). The minimum absolute atomic E-state index is 0.0324. The third-order valence-electron chi connectivity index (χ3n) is 5.98. The van der Waals surface area contributed by atoms with E-state index in [0.717, 1.165) is 11.1 Å². The molecule has 1 heterocycles. The van der Waals surface area contributed by atoms with E-state index >= 15 is 0 Å². The molecule has 2 amide bonds. The van der Waals surface area contributed by atoms with Gasteiger partial charge in [-0.1, -0.05) is 45.0 Å². The Balaban J connectivity index is 2.02. The highest BCUT2D eigenvalue weighted by atomic mass is 32.1. The van der Waals surface area contributed by atoms with Crippen molar-refractivity contribution in [2.45, 2.75) is 77.9 Å². The zero-order valence-corrected chi connectivity index (χ0v) is 25.0. The largest absolute Gasteiger partial charge is 0.467 e. The van der Waals surface area contributed by atoms with E-state index in [2.05, 4.69) is 49.5 Å². The molecule has 11 heteroatoms. The Bertz CT molecular complexity index is 1090. The third kappa shape index (κ3) is 9.24. The van der Waals surface area contributed by atoms with E-state index < -0.39 is 37.9 Å². The van der Waals surface area contributed by atoms with E-state index in [4.69, 9.17) is 13.9 Å². The lowest BCUT2D eigenvalue weighted by Crippen LogP contribution is -2.49. The van der Waals surface area contributed by atoms with Gasteiger partial charge in [0, 0.05) is 17.5 Å². The molecule has 9 nitrogen and oxygen atoms in total. The normalized spacial score (nSPS) is 13.0. The van der Waals surface area contributed by atoms with E-state index in [-0.39, 0.29) is 17.3 Å². The Kier molecular flexibility index (Phi) is 10.0. The molecule has 0 spiro atoms. The molecule has 1 aromatic heterocycles. The van der Waals surface area contributed by atoms with Crippen molar-refractivity contribution in [3.63, 3.8) is 0 Å². The van der Waals surface area contributed by atoms with Crippen LogP contribution in [-0.2, 0) is 25.2 Å². The van der Waals surface area contributed by atoms with Crippen LogP contribution in [0.3, 0.4) is 0 Å². The van der Waals surface area contributed by atoms with Crippen molar-refractivity contribution in [3.05, 3.63) is 40.9 Å². The van der Waals surface area contributed by atoms with Crippen LogP contribution in [0, 0.1) is 0 Å². The summed E-state index contributed by atoms with van der Waals surface area (Å²) < 4.78 is 16.2. The Hall–Kier alpha value is -2.76. The average Bonchev–Trinajstić information content (AvgIpc) is 3.28. The predicted molar refractivity (Wildman–Crippen MR) is 147 cm³/mol. The van der Waals surface area contributed by atoms with Gasteiger partial charge >= 0.3 is 12.1 Å². The fourth-order valence-corrected chi connectivity index (χ4v) is 4.64. The second-order valence-electron chi connectivity index (χ2n) is 11.2. The van der Waals surface area contributed by atoms with Gasteiger partial charge in [-0.25, -0.2) is 14.6 Å². The Morgan fingerprint density at radius 2 is 1.68 bits per heavy atom. The van der Waals surface area contributed by atoms with Crippen molar-refractivity contribution in [1.29, 1.82) is 0 Å². The van der Waals surface area contributed by atoms with Gasteiger partial charge in [0.1, 0.15) is 22.3 Å². The standard InChI is InChI=1S/C26H39N3O6SSi/c1-25(2,3)35-24(32)27-14-17-10-12-18(13-11-17)22-29-20(16-36-22)21(30)28-19(23(31)33-7)15-34-37(8,9)26(4,5)6/h10-13,16,19H,14-15H2,1-9H3,(H,27,32)(H,28,30)/t19-/m0/s1. The number of carbonyl (C=O) groups excluding carboxylic acids is 3. The van der Waals surface area contributed by atoms with Crippen LogP contribution in [0.15, 0.2) is 29.6 Å². The Morgan fingerprint density at radius 1 is 1.05 bits per heavy atom. The van der Waals surface area contributed by atoms with Crippen LogP contribution in [0.25, 0.3) is 10.6 Å². The zero-order valence-electron chi connectivity index (χ0n) is 23.2. The number of alkyl carbamates (subject to hydrolysis) is 1. The van der Waals surface area contributed by atoms with Gasteiger partial charge in [0.05, 0.1) is 13.7 Å². The fraction of sp³-hybridized carbons (Fsp3) is 0.538. The minimum atomic E-state index is -2.13. The summed E-state index contributed by atoms with van der Waals surface area (Å²) in [5.74, 6) is -1.05. The maximum atomic E-state index is 12.9. The summed E-state index contributed by atoms with van der Waals surface area (Å²) in [7, 11) is -0.848. The summed E-state index contributed by atoms with van der Waals surface area (Å²) >= 11 is 1.32. The number of esters is 1. The molecule has 0 aliphatic heterocycles. The summed E-state index contributed by atoms with van der Waals surface area (Å²) in [4.78, 5) is 41.5. The molecule has 2 N–H and O–H groups in total. The topological polar surface area (TPSA) is 116 Å². The van der Waals surface area contributed by atoms with Gasteiger partial charge in [-0.3, -0.25) is 4.79 Å². The van der Waals surface area contributed by atoms with E-state index in [1.165, 1.54) is 18.4 Å². The number of amides is 2. The number of hydrogen-bond acceptors (Lipinski definition) is 8. The molecule has 0 fully saturated rings. The molecule has 204 valence electrons.